The second kappa shape index (κ2) is 3.77. The number of hydrogen-bond acceptors (Lipinski definition) is 1. The Morgan fingerprint density at radius 2 is 2.10 bits per heavy atom. The van der Waals surface area contributed by atoms with E-state index in [-0.39, 0.29) is 5.54 Å². The van der Waals surface area contributed by atoms with E-state index in [0.29, 0.717) is 5.92 Å². The monoisotopic (exact) mass is 141 g/mol. The van der Waals surface area contributed by atoms with Gasteiger partial charge in [-0.1, -0.05) is 13.0 Å². The Labute approximate surface area is 64.5 Å². The van der Waals surface area contributed by atoms with Crippen molar-refractivity contribution in [3.8, 4) is 0 Å². The Hall–Kier alpha value is -0.300. The van der Waals surface area contributed by atoms with Crippen LogP contribution in [0.3, 0.4) is 0 Å². The average Bonchev–Trinajstić information content (AvgIpc) is 1.87. The SMILES string of the molecule is C=CC(C)CC(C)(C)NC. The van der Waals surface area contributed by atoms with Crippen molar-refractivity contribution in [1.29, 1.82) is 0 Å². The van der Waals surface area contributed by atoms with Crippen LogP contribution in [0.25, 0.3) is 0 Å². The predicted molar refractivity (Wildman–Crippen MR) is 47.1 cm³/mol. The predicted octanol–water partition coefficient (Wildman–Crippen LogP) is 2.20. The highest BCUT2D eigenvalue weighted by atomic mass is 14.9. The van der Waals surface area contributed by atoms with Crippen LogP contribution in [0.1, 0.15) is 27.2 Å². The van der Waals surface area contributed by atoms with E-state index >= 15 is 0 Å². The molecule has 0 spiro atoms. The van der Waals surface area contributed by atoms with Crippen molar-refractivity contribution in [1.82, 2.24) is 5.32 Å². The molecule has 0 amide bonds. The summed E-state index contributed by atoms with van der Waals surface area (Å²) in [6.07, 6.45) is 3.14. The Morgan fingerprint density at radius 3 is 2.40 bits per heavy atom. The molecule has 0 aromatic carbocycles. The first-order valence-corrected chi connectivity index (χ1v) is 3.83. The molecular formula is C9H19N. The largest absolute Gasteiger partial charge is 0.315 e. The molecule has 0 aromatic heterocycles. The summed E-state index contributed by atoms with van der Waals surface area (Å²) in [5.41, 5.74) is 0.244. The summed E-state index contributed by atoms with van der Waals surface area (Å²) in [5.74, 6) is 0.599. The first-order chi connectivity index (χ1) is 4.52. The van der Waals surface area contributed by atoms with Crippen LogP contribution in [0, 0.1) is 5.92 Å². The van der Waals surface area contributed by atoms with Crippen LogP contribution < -0.4 is 5.32 Å². The molecule has 1 N–H and O–H groups in total. The highest BCUT2D eigenvalue weighted by Gasteiger charge is 2.16. The first-order valence-electron chi connectivity index (χ1n) is 3.83. The zero-order valence-corrected chi connectivity index (χ0v) is 7.57. The number of allylic oxidation sites excluding steroid dienone is 1. The second-order valence-corrected chi connectivity index (χ2v) is 3.55. The Morgan fingerprint density at radius 1 is 1.60 bits per heavy atom. The summed E-state index contributed by atoms with van der Waals surface area (Å²) in [6, 6.07) is 0. The lowest BCUT2D eigenvalue weighted by Gasteiger charge is -2.26. The number of nitrogens with one attached hydrogen (secondary N) is 1. The van der Waals surface area contributed by atoms with Crippen molar-refractivity contribution in [2.45, 2.75) is 32.7 Å². The van der Waals surface area contributed by atoms with Crippen molar-refractivity contribution in [2.75, 3.05) is 7.05 Å². The minimum absolute atomic E-state index is 0.244. The molecule has 10 heavy (non-hydrogen) atoms. The van der Waals surface area contributed by atoms with Gasteiger partial charge in [-0.15, -0.1) is 6.58 Å². The molecule has 0 heterocycles. The fraction of sp³-hybridized carbons (Fsp3) is 0.778. The highest BCUT2D eigenvalue weighted by Crippen LogP contribution is 2.15. The summed E-state index contributed by atoms with van der Waals surface area (Å²) >= 11 is 0. The van der Waals surface area contributed by atoms with E-state index in [2.05, 4.69) is 32.7 Å². The maximum Gasteiger partial charge on any atom is 0.0127 e. The molecule has 1 nitrogen and oxygen atoms in total. The standard InChI is InChI=1S/C9H19N/c1-6-8(2)7-9(3,4)10-5/h6,8,10H,1,7H2,2-5H3. The fourth-order valence-electron chi connectivity index (χ4n) is 0.990. The van der Waals surface area contributed by atoms with Gasteiger partial charge in [0.05, 0.1) is 0 Å². The summed E-state index contributed by atoms with van der Waals surface area (Å²) < 4.78 is 0. The average molecular weight is 141 g/mol. The zero-order chi connectivity index (χ0) is 8.20. The van der Waals surface area contributed by atoms with Crippen molar-refractivity contribution < 1.29 is 0 Å². The molecular weight excluding hydrogens is 122 g/mol. The van der Waals surface area contributed by atoms with Crippen LogP contribution in [-0.4, -0.2) is 12.6 Å². The number of rotatable bonds is 4. The van der Waals surface area contributed by atoms with E-state index < -0.39 is 0 Å². The zero-order valence-electron chi connectivity index (χ0n) is 7.57. The van der Waals surface area contributed by atoms with Crippen LogP contribution in [0.15, 0.2) is 12.7 Å². The van der Waals surface area contributed by atoms with Crippen molar-refractivity contribution >= 4 is 0 Å². The summed E-state index contributed by atoms with van der Waals surface area (Å²) in [6.45, 7) is 10.3. The van der Waals surface area contributed by atoms with Gasteiger partial charge in [0.15, 0.2) is 0 Å². The van der Waals surface area contributed by atoms with E-state index in [0.717, 1.165) is 6.42 Å². The van der Waals surface area contributed by atoms with Crippen LogP contribution in [0.4, 0.5) is 0 Å². The van der Waals surface area contributed by atoms with E-state index in [9.17, 15) is 0 Å². The molecule has 1 atom stereocenters. The van der Waals surface area contributed by atoms with E-state index in [1.807, 2.05) is 13.1 Å². The highest BCUT2D eigenvalue weighted by molar-refractivity contribution is 4.85. The van der Waals surface area contributed by atoms with Crippen molar-refractivity contribution in [3.05, 3.63) is 12.7 Å². The minimum Gasteiger partial charge on any atom is -0.315 e. The summed E-state index contributed by atoms with van der Waals surface area (Å²) in [7, 11) is 2.00. The Kier molecular flexibility index (Phi) is 3.66. The lowest BCUT2D eigenvalue weighted by atomic mass is 9.92. The molecule has 0 fully saturated rings. The third kappa shape index (κ3) is 3.67. The van der Waals surface area contributed by atoms with E-state index in [1.165, 1.54) is 0 Å². The first kappa shape index (κ1) is 9.70. The Bertz CT molecular complexity index is 105. The molecule has 1 heteroatoms. The van der Waals surface area contributed by atoms with Crippen LogP contribution in [-0.2, 0) is 0 Å². The molecule has 60 valence electrons. The molecule has 0 saturated heterocycles. The normalized spacial score (nSPS) is 14.8. The molecule has 0 rings (SSSR count). The maximum atomic E-state index is 3.75. The molecule has 1 unspecified atom stereocenters. The van der Waals surface area contributed by atoms with Gasteiger partial charge in [-0.2, -0.15) is 0 Å². The molecule has 0 aromatic rings. The van der Waals surface area contributed by atoms with Gasteiger partial charge in [-0.3, -0.25) is 0 Å². The van der Waals surface area contributed by atoms with Crippen LogP contribution in [0.2, 0.25) is 0 Å². The summed E-state index contributed by atoms with van der Waals surface area (Å²) in [4.78, 5) is 0. The van der Waals surface area contributed by atoms with Gasteiger partial charge in [-0.25, -0.2) is 0 Å². The van der Waals surface area contributed by atoms with Gasteiger partial charge in [0.25, 0.3) is 0 Å². The third-order valence-electron chi connectivity index (χ3n) is 1.91. The fourth-order valence-corrected chi connectivity index (χ4v) is 0.990. The lowest BCUT2D eigenvalue weighted by Crippen LogP contribution is -2.37. The van der Waals surface area contributed by atoms with Crippen LogP contribution in [0.5, 0.6) is 0 Å². The molecule has 0 saturated carbocycles. The van der Waals surface area contributed by atoms with E-state index in [1.54, 1.807) is 0 Å². The molecule has 0 radical (unpaired) electrons. The van der Waals surface area contributed by atoms with Gasteiger partial charge < -0.3 is 5.32 Å². The van der Waals surface area contributed by atoms with E-state index in [4.69, 9.17) is 0 Å². The third-order valence-corrected chi connectivity index (χ3v) is 1.91. The minimum atomic E-state index is 0.244. The number of hydrogen-bond donors (Lipinski definition) is 1. The van der Waals surface area contributed by atoms with Crippen LogP contribution >= 0.6 is 0 Å². The molecule has 0 aliphatic heterocycles. The molecule has 0 aliphatic carbocycles. The summed E-state index contributed by atoms with van der Waals surface area (Å²) in [5, 5.41) is 3.26. The topological polar surface area (TPSA) is 12.0 Å². The smallest absolute Gasteiger partial charge is 0.0127 e. The Balaban J connectivity index is 3.75. The van der Waals surface area contributed by atoms with Gasteiger partial charge in [0, 0.05) is 5.54 Å². The maximum absolute atomic E-state index is 3.75. The van der Waals surface area contributed by atoms with Gasteiger partial charge in [0.2, 0.25) is 0 Å². The quantitative estimate of drug-likeness (QED) is 0.592. The molecule has 0 aliphatic rings. The molecule has 0 bridgehead atoms. The lowest BCUT2D eigenvalue weighted by molar-refractivity contribution is 0.356. The van der Waals surface area contributed by atoms with Crippen molar-refractivity contribution in [2.24, 2.45) is 5.92 Å². The second-order valence-electron chi connectivity index (χ2n) is 3.55. The van der Waals surface area contributed by atoms with Gasteiger partial charge in [-0.05, 0) is 33.2 Å². The van der Waals surface area contributed by atoms with Gasteiger partial charge in [0.1, 0.15) is 0 Å². The van der Waals surface area contributed by atoms with Gasteiger partial charge >= 0.3 is 0 Å². The van der Waals surface area contributed by atoms with Crippen molar-refractivity contribution in [3.63, 3.8) is 0 Å².